The second kappa shape index (κ2) is 7.47. The lowest BCUT2D eigenvalue weighted by Crippen LogP contribution is -2.15. The van der Waals surface area contributed by atoms with Crippen LogP contribution in [-0.4, -0.2) is 19.8 Å². The van der Waals surface area contributed by atoms with Gasteiger partial charge in [0, 0.05) is 23.4 Å². The third kappa shape index (κ3) is 4.00. The molecule has 0 atom stereocenters. The lowest BCUT2D eigenvalue weighted by molar-refractivity contribution is -0.387. The van der Waals surface area contributed by atoms with Crippen molar-refractivity contribution in [3.05, 3.63) is 76.5 Å². The minimum atomic E-state index is -5.01. The van der Waals surface area contributed by atoms with Gasteiger partial charge in [0.25, 0.3) is 0 Å². The van der Waals surface area contributed by atoms with E-state index in [1.807, 2.05) is 30.3 Å². The van der Waals surface area contributed by atoms with Crippen molar-refractivity contribution in [2.75, 3.05) is 5.75 Å². The first-order valence-electron chi connectivity index (χ1n) is 7.75. The average molecular weight is 399 g/mol. The molecule has 0 spiro atoms. The lowest BCUT2D eigenvalue weighted by Gasteiger charge is -2.14. The molecule has 0 aliphatic carbocycles. The van der Waals surface area contributed by atoms with Gasteiger partial charge in [0.05, 0.1) is 11.1 Å². The summed E-state index contributed by atoms with van der Waals surface area (Å²) in [5.41, 5.74) is -2.57. The first-order chi connectivity index (χ1) is 12.8. The predicted octanol–water partition coefficient (Wildman–Crippen LogP) is 5.14. The molecule has 0 unspecified atom stereocenters. The molecule has 10 heteroatoms. The summed E-state index contributed by atoms with van der Waals surface area (Å²) in [6.45, 7) is 0.0312. The number of aryl methyl sites for hydroxylation is 1. The minimum absolute atomic E-state index is 0.0312. The minimum Gasteiger partial charge on any atom is -0.326 e. The van der Waals surface area contributed by atoms with E-state index in [1.54, 1.807) is 0 Å². The highest BCUT2D eigenvalue weighted by Crippen LogP contribution is 2.42. The number of halogens is 4. The van der Waals surface area contributed by atoms with Gasteiger partial charge in [0.15, 0.2) is 11.5 Å². The normalized spacial score (nSPS) is 11.7. The predicted molar refractivity (Wildman–Crippen MR) is 92.5 cm³/mol. The number of hydrogen-bond acceptors (Lipinski definition) is 3. The fourth-order valence-corrected chi connectivity index (χ4v) is 3.55. The van der Waals surface area contributed by atoms with Gasteiger partial charge in [-0.3, -0.25) is 14.7 Å². The van der Waals surface area contributed by atoms with Crippen LogP contribution in [0.25, 0.3) is 5.82 Å². The topological polar surface area (TPSA) is 53.0 Å². The lowest BCUT2D eigenvalue weighted by atomic mass is 10.2. The van der Waals surface area contributed by atoms with E-state index in [4.69, 9.17) is 0 Å². The number of thioether (sulfide) groups is 1. The van der Waals surface area contributed by atoms with Crippen molar-refractivity contribution in [2.24, 2.45) is 0 Å². The standard InChI is InChI=1S/C17H13F4N3O2S/c18-14-7-4-8-23(14)16-15(17(19,20)21)13(24(25)26)11-22(16)9-10-27-12-5-2-1-3-6-12/h1-8,11H,9-10H2. The molecular weight excluding hydrogens is 386 g/mol. The fraction of sp³-hybridized carbons (Fsp3) is 0.176. The number of nitro groups is 1. The molecule has 27 heavy (non-hydrogen) atoms. The Balaban J connectivity index is 2.02. The van der Waals surface area contributed by atoms with E-state index >= 15 is 0 Å². The highest BCUT2D eigenvalue weighted by Gasteiger charge is 2.44. The van der Waals surface area contributed by atoms with Crippen LogP contribution in [0.2, 0.25) is 0 Å². The Hall–Kier alpha value is -2.75. The van der Waals surface area contributed by atoms with Gasteiger partial charge in [-0.15, -0.1) is 11.8 Å². The smallest absolute Gasteiger partial charge is 0.326 e. The van der Waals surface area contributed by atoms with Crippen molar-refractivity contribution in [1.82, 2.24) is 9.13 Å². The molecule has 0 aliphatic heterocycles. The van der Waals surface area contributed by atoms with Gasteiger partial charge in [-0.1, -0.05) is 18.2 Å². The molecule has 0 bridgehead atoms. The quantitative estimate of drug-likeness (QED) is 0.250. The number of rotatable bonds is 6. The third-order valence-electron chi connectivity index (χ3n) is 3.78. The van der Waals surface area contributed by atoms with Crippen molar-refractivity contribution < 1.29 is 22.5 Å². The van der Waals surface area contributed by atoms with Crippen LogP contribution in [0.3, 0.4) is 0 Å². The molecule has 5 nitrogen and oxygen atoms in total. The SMILES string of the molecule is O=[N+]([O-])c1cn(CCSc2ccccc2)c(-n2cccc2F)c1C(F)(F)F. The van der Waals surface area contributed by atoms with Crippen LogP contribution >= 0.6 is 11.8 Å². The van der Waals surface area contributed by atoms with Crippen LogP contribution in [0.1, 0.15) is 5.56 Å². The van der Waals surface area contributed by atoms with Crippen molar-refractivity contribution >= 4 is 17.4 Å². The highest BCUT2D eigenvalue weighted by molar-refractivity contribution is 7.99. The summed E-state index contributed by atoms with van der Waals surface area (Å²) in [6.07, 6.45) is -3.10. The Morgan fingerprint density at radius 1 is 1.11 bits per heavy atom. The van der Waals surface area contributed by atoms with Crippen LogP contribution in [0.15, 0.2) is 59.8 Å². The zero-order valence-corrected chi connectivity index (χ0v) is 14.5. The summed E-state index contributed by atoms with van der Waals surface area (Å²) in [5, 5.41) is 11.2. The first-order valence-corrected chi connectivity index (χ1v) is 8.73. The Kier molecular flexibility index (Phi) is 5.26. The molecule has 0 aliphatic rings. The van der Waals surface area contributed by atoms with Gasteiger partial charge < -0.3 is 4.57 Å². The molecule has 142 valence electrons. The molecule has 3 aromatic rings. The largest absolute Gasteiger partial charge is 0.426 e. The van der Waals surface area contributed by atoms with Crippen molar-refractivity contribution in [1.29, 1.82) is 0 Å². The summed E-state index contributed by atoms with van der Waals surface area (Å²) in [7, 11) is 0. The maximum Gasteiger partial charge on any atom is 0.426 e. The van der Waals surface area contributed by atoms with E-state index in [-0.39, 0.29) is 6.54 Å². The summed E-state index contributed by atoms with van der Waals surface area (Å²) in [4.78, 5) is 11.0. The van der Waals surface area contributed by atoms with Gasteiger partial charge in [0.2, 0.25) is 0 Å². The molecule has 1 aromatic carbocycles. The van der Waals surface area contributed by atoms with Gasteiger partial charge in [0.1, 0.15) is 5.82 Å². The number of benzene rings is 1. The Morgan fingerprint density at radius 2 is 1.81 bits per heavy atom. The second-order valence-corrected chi connectivity index (χ2v) is 6.69. The van der Waals surface area contributed by atoms with Crippen LogP contribution in [0.5, 0.6) is 0 Å². The number of alkyl halides is 3. The summed E-state index contributed by atoms with van der Waals surface area (Å²) in [6, 6.07) is 11.4. The van der Waals surface area contributed by atoms with Crippen LogP contribution in [0, 0.1) is 16.1 Å². The van der Waals surface area contributed by atoms with Crippen molar-refractivity contribution in [2.45, 2.75) is 17.6 Å². The molecular formula is C17H13F4N3O2S. The Bertz CT molecular complexity index is 951. The van der Waals surface area contributed by atoms with E-state index in [0.29, 0.717) is 10.3 Å². The highest BCUT2D eigenvalue weighted by atomic mass is 32.2. The van der Waals surface area contributed by atoms with E-state index in [2.05, 4.69) is 0 Å². The maximum absolute atomic E-state index is 14.0. The van der Waals surface area contributed by atoms with E-state index in [9.17, 15) is 27.7 Å². The Morgan fingerprint density at radius 3 is 2.37 bits per heavy atom. The van der Waals surface area contributed by atoms with Gasteiger partial charge >= 0.3 is 11.9 Å². The van der Waals surface area contributed by atoms with Crippen LogP contribution < -0.4 is 0 Å². The zero-order valence-electron chi connectivity index (χ0n) is 13.7. The van der Waals surface area contributed by atoms with E-state index in [0.717, 1.165) is 27.9 Å². The van der Waals surface area contributed by atoms with E-state index < -0.39 is 34.1 Å². The van der Waals surface area contributed by atoms with E-state index in [1.165, 1.54) is 17.8 Å². The summed E-state index contributed by atoms with van der Waals surface area (Å²) < 4.78 is 56.3. The molecule has 3 rings (SSSR count). The second-order valence-electron chi connectivity index (χ2n) is 5.52. The Labute approximate surface area is 155 Å². The van der Waals surface area contributed by atoms with Crippen LogP contribution in [-0.2, 0) is 12.7 Å². The number of aromatic nitrogens is 2. The molecule has 0 N–H and O–H groups in total. The first kappa shape index (κ1) is 19.0. The maximum atomic E-state index is 14.0. The summed E-state index contributed by atoms with van der Waals surface area (Å²) >= 11 is 1.38. The molecule has 0 saturated heterocycles. The zero-order chi connectivity index (χ0) is 19.6. The molecule has 2 aromatic heterocycles. The van der Waals surface area contributed by atoms with Gasteiger partial charge in [-0.05, 0) is 24.3 Å². The number of hydrogen-bond donors (Lipinski definition) is 0. The molecule has 0 saturated carbocycles. The monoisotopic (exact) mass is 399 g/mol. The molecule has 0 amide bonds. The number of nitrogens with zero attached hydrogens (tertiary/aromatic N) is 3. The summed E-state index contributed by atoms with van der Waals surface area (Å²) in [5.74, 6) is -1.20. The molecule has 0 fully saturated rings. The fourth-order valence-electron chi connectivity index (χ4n) is 2.68. The van der Waals surface area contributed by atoms with Crippen molar-refractivity contribution in [3.63, 3.8) is 0 Å². The van der Waals surface area contributed by atoms with Gasteiger partial charge in [-0.2, -0.15) is 17.6 Å². The van der Waals surface area contributed by atoms with Crippen LogP contribution in [0.4, 0.5) is 23.2 Å². The molecule has 2 heterocycles. The van der Waals surface area contributed by atoms with Gasteiger partial charge in [-0.25, -0.2) is 0 Å². The van der Waals surface area contributed by atoms with Crippen molar-refractivity contribution in [3.8, 4) is 5.82 Å². The third-order valence-corrected chi connectivity index (χ3v) is 4.77. The average Bonchev–Trinajstić information content (AvgIpc) is 3.19. The molecule has 0 radical (unpaired) electrons.